The Bertz CT molecular complexity index is 1100. The summed E-state index contributed by atoms with van der Waals surface area (Å²) in [5.41, 5.74) is 8.50. The van der Waals surface area contributed by atoms with Crippen LogP contribution in [0.2, 0.25) is 0 Å². The highest BCUT2D eigenvalue weighted by molar-refractivity contribution is 5.95. The topological polar surface area (TPSA) is 107 Å². The minimum atomic E-state index is -0.683. The van der Waals surface area contributed by atoms with Crippen molar-refractivity contribution in [1.29, 1.82) is 0 Å². The first-order valence-electron chi connectivity index (χ1n) is 9.20. The summed E-state index contributed by atoms with van der Waals surface area (Å²) in [7, 11) is 1.64. The molecule has 2 N–H and O–H groups in total. The molecule has 1 unspecified atom stereocenters. The molecule has 0 saturated carbocycles. The molecule has 0 aliphatic carbocycles. The van der Waals surface area contributed by atoms with Crippen molar-refractivity contribution in [3.05, 3.63) is 52.8 Å². The van der Waals surface area contributed by atoms with Gasteiger partial charge < -0.3 is 19.9 Å². The predicted molar refractivity (Wildman–Crippen MR) is 103 cm³/mol. The number of hydrogen-bond acceptors (Lipinski definition) is 7. The first-order valence-corrected chi connectivity index (χ1v) is 9.20. The van der Waals surface area contributed by atoms with Gasteiger partial charge in [0.15, 0.2) is 11.6 Å². The second kappa shape index (κ2) is 7.16. The van der Waals surface area contributed by atoms with Gasteiger partial charge in [0.05, 0.1) is 29.7 Å². The van der Waals surface area contributed by atoms with Crippen molar-refractivity contribution in [3.63, 3.8) is 0 Å². The average Bonchev–Trinajstić information content (AvgIpc) is 3.10. The van der Waals surface area contributed by atoms with E-state index < -0.39 is 11.9 Å². The molecule has 0 fully saturated rings. The Labute approximate surface area is 166 Å². The number of rotatable bonds is 1. The number of nitrogen functional groups attached to an aromatic ring is 1. The third kappa shape index (κ3) is 3.28. The summed E-state index contributed by atoms with van der Waals surface area (Å²) >= 11 is 0. The molecule has 3 heterocycles. The average molecular weight is 397 g/mol. The molecule has 2 aromatic heterocycles. The number of anilines is 1. The number of carbonyl (C=O) groups is 1. The largest absolute Gasteiger partial charge is 0.467 e. The van der Waals surface area contributed by atoms with E-state index in [0.717, 1.165) is 0 Å². The van der Waals surface area contributed by atoms with Gasteiger partial charge in [-0.3, -0.25) is 4.79 Å². The second-order valence-electron chi connectivity index (χ2n) is 6.88. The molecule has 1 aliphatic heterocycles. The van der Waals surface area contributed by atoms with Crippen molar-refractivity contribution in [3.8, 4) is 17.1 Å². The normalized spacial score (nSPS) is 16.3. The van der Waals surface area contributed by atoms with E-state index >= 15 is 0 Å². The summed E-state index contributed by atoms with van der Waals surface area (Å²) < 4.78 is 25.3. The van der Waals surface area contributed by atoms with Crippen LogP contribution in [0.1, 0.15) is 47.3 Å². The van der Waals surface area contributed by atoms with E-state index in [1.54, 1.807) is 14.0 Å². The van der Waals surface area contributed by atoms with Crippen LogP contribution >= 0.6 is 0 Å². The molecule has 1 aliphatic rings. The van der Waals surface area contributed by atoms with Gasteiger partial charge in [-0.2, -0.15) is 0 Å². The zero-order valence-corrected chi connectivity index (χ0v) is 16.3. The molecule has 0 spiro atoms. The maximum absolute atomic E-state index is 13.9. The zero-order chi connectivity index (χ0) is 20.7. The predicted octanol–water partition coefficient (Wildman–Crippen LogP) is 3.14. The van der Waals surface area contributed by atoms with E-state index in [1.165, 1.54) is 29.3 Å². The van der Waals surface area contributed by atoms with Crippen LogP contribution in [-0.2, 0) is 13.0 Å². The summed E-state index contributed by atoms with van der Waals surface area (Å²) in [6.07, 6.45) is 1.44. The van der Waals surface area contributed by atoms with Gasteiger partial charge in [-0.25, -0.2) is 14.4 Å². The molecule has 1 atom stereocenters. The lowest BCUT2D eigenvalue weighted by atomic mass is 10.0. The van der Waals surface area contributed by atoms with E-state index in [0.29, 0.717) is 40.3 Å². The monoisotopic (exact) mass is 397 g/mol. The maximum Gasteiger partial charge on any atom is 0.258 e. The third-order valence-corrected chi connectivity index (χ3v) is 4.89. The standard InChI is InChI=1S/C20H20FN5O3/c1-4-14-17-15-8-23-18(22)19(24-15)28-10(2)13-7-11(21)5-6-12(13)20(27)26(3)9-16(17)29-25-14/h5-8,10H,4,9H2,1-3H3,(H2,22,23). The number of nitrogens with zero attached hydrogens (tertiary/aromatic N) is 4. The number of fused-ring (bicyclic) bond motifs is 5. The highest BCUT2D eigenvalue weighted by Gasteiger charge is 2.27. The molecule has 8 nitrogen and oxygen atoms in total. The van der Waals surface area contributed by atoms with Crippen LogP contribution in [0.5, 0.6) is 5.88 Å². The maximum atomic E-state index is 13.9. The lowest BCUT2D eigenvalue weighted by molar-refractivity contribution is 0.0767. The molecule has 0 saturated heterocycles. The molecule has 150 valence electrons. The minimum absolute atomic E-state index is 0.0927. The van der Waals surface area contributed by atoms with E-state index in [4.69, 9.17) is 15.0 Å². The molecule has 2 bridgehead atoms. The van der Waals surface area contributed by atoms with E-state index in [2.05, 4.69) is 15.1 Å². The van der Waals surface area contributed by atoms with Crippen molar-refractivity contribution in [2.24, 2.45) is 0 Å². The molecule has 1 amide bonds. The van der Waals surface area contributed by atoms with Crippen LogP contribution in [0.4, 0.5) is 10.2 Å². The van der Waals surface area contributed by atoms with Crippen LogP contribution in [0, 0.1) is 5.82 Å². The Morgan fingerprint density at radius 2 is 2.17 bits per heavy atom. The Morgan fingerprint density at radius 1 is 1.38 bits per heavy atom. The van der Waals surface area contributed by atoms with Crippen molar-refractivity contribution < 1.29 is 18.4 Å². The quantitative estimate of drug-likeness (QED) is 0.672. The van der Waals surface area contributed by atoms with Crippen LogP contribution < -0.4 is 10.5 Å². The summed E-state index contributed by atoms with van der Waals surface area (Å²) in [6, 6.07) is 3.96. The van der Waals surface area contributed by atoms with Gasteiger partial charge >= 0.3 is 0 Å². The zero-order valence-electron chi connectivity index (χ0n) is 16.3. The molecule has 9 heteroatoms. The molecule has 0 radical (unpaired) electrons. The summed E-state index contributed by atoms with van der Waals surface area (Å²) in [6.45, 7) is 3.81. The third-order valence-electron chi connectivity index (χ3n) is 4.89. The highest BCUT2D eigenvalue weighted by atomic mass is 19.1. The molecule has 3 aromatic rings. The number of aryl methyl sites for hydroxylation is 1. The van der Waals surface area contributed by atoms with Crippen molar-refractivity contribution in [2.75, 3.05) is 12.8 Å². The number of hydrogen-bond donors (Lipinski definition) is 1. The molecular weight excluding hydrogens is 377 g/mol. The van der Waals surface area contributed by atoms with Crippen LogP contribution in [0.25, 0.3) is 11.3 Å². The number of ether oxygens (including phenoxy) is 1. The molecule has 29 heavy (non-hydrogen) atoms. The first kappa shape index (κ1) is 18.9. The smallest absolute Gasteiger partial charge is 0.258 e. The van der Waals surface area contributed by atoms with E-state index in [9.17, 15) is 9.18 Å². The van der Waals surface area contributed by atoms with E-state index in [-0.39, 0.29) is 24.1 Å². The fraction of sp³-hybridized carbons (Fsp3) is 0.300. The van der Waals surface area contributed by atoms with Crippen molar-refractivity contribution in [2.45, 2.75) is 32.9 Å². The number of nitrogens with two attached hydrogens (primary N) is 1. The van der Waals surface area contributed by atoms with Gasteiger partial charge in [0, 0.05) is 18.2 Å². The van der Waals surface area contributed by atoms with Crippen molar-refractivity contribution in [1.82, 2.24) is 20.0 Å². The second-order valence-corrected chi connectivity index (χ2v) is 6.88. The molecule has 1 aromatic carbocycles. The number of halogens is 1. The van der Waals surface area contributed by atoms with Gasteiger partial charge in [-0.1, -0.05) is 12.1 Å². The number of aromatic nitrogens is 3. The minimum Gasteiger partial charge on any atom is -0.467 e. The van der Waals surface area contributed by atoms with Gasteiger partial charge in [0.1, 0.15) is 11.9 Å². The fourth-order valence-corrected chi connectivity index (χ4v) is 3.38. The lowest BCUT2D eigenvalue weighted by Crippen LogP contribution is -2.28. The fourth-order valence-electron chi connectivity index (χ4n) is 3.38. The summed E-state index contributed by atoms with van der Waals surface area (Å²) in [5.74, 6) is -0.102. The van der Waals surface area contributed by atoms with Crippen molar-refractivity contribution >= 4 is 11.7 Å². The first-order chi connectivity index (χ1) is 13.9. The molecule has 4 rings (SSSR count). The van der Waals surface area contributed by atoms with Gasteiger partial charge in [-0.15, -0.1) is 0 Å². The highest BCUT2D eigenvalue weighted by Crippen LogP contribution is 2.33. The Balaban J connectivity index is 1.94. The Hall–Kier alpha value is -3.49. The van der Waals surface area contributed by atoms with Gasteiger partial charge in [0.25, 0.3) is 11.8 Å². The lowest BCUT2D eigenvalue weighted by Gasteiger charge is -2.23. The van der Waals surface area contributed by atoms with Crippen LogP contribution in [0.3, 0.4) is 0 Å². The summed E-state index contributed by atoms with van der Waals surface area (Å²) in [5, 5.41) is 4.11. The van der Waals surface area contributed by atoms with Gasteiger partial charge in [-0.05, 0) is 31.5 Å². The Morgan fingerprint density at radius 3 is 2.93 bits per heavy atom. The molecular formula is C20H20FN5O3. The number of amides is 1. The van der Waals surface area contributed by atoms with Crippen LogP contribution in [0.15, 0.2) is 28.9 Å². The summed E-state index contributed by atoms with van der Waals surface area (Å²) in [4.78, 5) is 23.3. The number of carbonyl (C=O) groups excluding carboxylic acids is 1. The number of benzene rings is 1. The van der Waals surface area contributed by atoms with Gasteiger partial charge in [0.2, 0.25) is 0 Å². The Kier molecular flexibility index (Phi) is 4.65. The SMILES string of the molecule is CCc1noc2c1-c1cnc(N)c(n1)OC(C)c1cc(F)ccc1C(=O)N(C)C2. The van der Waals surface area contributed by atoms with E-state index in [1.807, 2.05) is 6.92 Å². The van der Waals surface area contributed by atoms with Crippen LogP contribution in [-0.4, -0.2) is 33.0 Å².